The first kappa shape index (κ1) is 6.76. The molecular weight excluding hydrogens is 152 g/mol. The molecule has 0 radical (unpaired) electrons. The van der Waals surface area contributed by atoms with Crippen molar-refractivity contribution in [1.29, 1.82) is 0 Å². The van der Waals surface area contributed by atoms with Crippen LogP contribution in [0.3, 0.4) is 0 Å². The van der Waals surface area contributed by atoms with Gasteiger partial charge in [0.05, 0.1) is 5.70 Å². The van der Waals surface area contributed by atoms with Crippen molar-refractivity contribution in [1.82, 2.24) is 20.2 Å². The van der Waals surface area contributed by atoms with Crippen molar-refractivity contribution in [2.45, 2.75) is 0 Å². The Morgan fingerprint density at radius 2 is 2.33 bits per heavy atom. The number of hydrogen-bond acceptors (Lipinski definition) is 3. The van der Waals surface area contributed by atoms with Gasteiger partial charge in [-0.05, 0) is 17.4 Å². The molecule has 1 heterocycles. The van der Waals surface area contributed by atoms with Gasteiger partial charge in [0.1, 0.15) is 0 Å². The summed E-state index contributed by atoms with van der Waals surface area (Å²) in [5.41, 5.74) is 3.80. The number of nitrogens with zero attached hydrogens (tertiary/aromatic N) is 4. The van der Waals surface area contributed by atoms with Gasteiger partial charge in [-0.2, -0.15) is 0 Å². The van der Waals surface area contributed by atoms with Crippen molar-refractivity contribution in [2.75, 3.05) is 0 Å². The Kier molecular flexibility index (Phi) is 1.68. The predicted octanol–water partition coefficient (Wildman–Crippen LogP) is 0.795. The van der Waals surface area contributed by atoms with Crippen LogP contribution in [0.1, 0.15) is 0 Å². The van der Waals surface area contributed by atoms with Gasteiger partial charge in [-0.1, -0.05) is 12.2 Å². The van der Waals surface area contributed by atoms with E-state index in [9.17, 15) is 0 Å². The summed E-state index contributed by atoms with van der Waals surface area (Å²) in [5, 5.41) is 11.2. The third-order valence-electron chi connectivity index (χ3n) is 1.38. The van der Waals surface area contributed by atoms with Crippen molar-refractivity contribution < 1.29 is 0 Å². The monoisotopic (exact) mass is 158 g/mol. The summed E-state index contributed by atoms with van der Waals surface area (Å²) < 4.78 is 0. The van der Waals surface area contributed by atoms with Gasteiger partial charge in [-0.3, -0.25) is 0 Å². The van der Waals surface area contributed by atoms with Gasteiger partial charge in [-0.15, -0.1) is 20.7 Å². The van der Waals surface area contributed by atoms with E-state index in [0.29, 0.717) is 0 Å². The van der Waals surface area contributed by atoms with Gasteiger partial charge >= 0.3 is 0 Å². The zero-order valence-corrected chi connectivity index (χ0v) is 6.25. The molecule has 2 rings (SSSR count). The number of tetrazole rings is 1. The molecule has 1 aromatic heterocycles. The summed E-state index contributed by atoms with van der Waals surface area (Å²) >= 11 is 0. The quantitative estimate of drug-likeness (QED) is 0.567. The molecule has 0 unspecified atom stereocenters. The Bertz CT molecular complexity index is 377. The molecule has 1 aliphatic rings. The fraction of sp³-hybridized carbons (Fsp3) is 0. The fourth-order valence-electron chi connectivity index (χ4n) is 0.857. The highest BCUT2D eigenvalue weighted by molar-refractivity contribution is 5.57. The van der Waals surface area contributed by atoms with Crippen LogP contribution in [-0.2, 0) is 0 Å². The molecule has 0 N–H and O–H groups in total. The second-order valence-electron chi connectivity index (χ2n) is 2.18. The van der Waals surface area contributed by atoms with Crippen molar-refractivity contribution in [3.63, 3.8) is 0 Å². The summed E-state index contributed by atoms with van der Waals surface area (Å²) in [4.78, 5) is 1.44. The number of aromatic nitrogens is 4. The van der Waals surface area contributed by atoms with E-state index in [2.05, 4.69) is 21.1 Å². The maximum Gasteiger partial charge on any atom is 0.162 e. The van der Waals surface area contributed by atoms with Gasteiger partial charge < -0.3 is 0 Å². The SMILES string of the molecule is C1=CC=CC=C(n2ncnn2)C=1. The molecule has 1 aromatic rings. The maximum atomic E-state index is 3.89. The first-order valence-electron chi connectivity index (χ1n) is 3.49. The lowest BCUT2D eigenvalue weighted by Crippen LogP contribution is -1.98. The minimum absolute atomic E-state index is 0.845. The molecule has 0 fully saturated rings. The van der Waals surface area contributed by atoms with Gasteiger partial charge in [0.25, 0.3) is 0 Å². The summed E-state index contributed by atoms with van der Waals surface area (Å²) in [6, 6.07) is 0. The van der Waals surface area contributed by atoms with Crippen LogP contribution in [0.15, 0.2) is 42.4 Å². The van der Waals surface area contributed by atoms with E-state index in [1.165, 1.54) is 11.1 Å². The second-order valence-corrected chi connectivity index (χ2v) is 2.18. The number of hydrogen-bond donors (Lipinski definition) is 0. The zero-order chi connectivity index (χ0) is 8.23. The minimum atomic E-state index is 0.845. The number of allylic oxidation sites excluding steroid dienone is 5. The highest BCUT2D eigenvalue weighted by Gasteiger charge is 1.96. The average molecular weight is 158 g/mol. The van der Waals surface area contributed by atoms with Gasteiger partial charge in [0.2, 0.25) is 0 Å². The van der Waals surface area contributed by atoms with Crippen LogP contribution in [0, 0.1) is 0 Å². The van der Waals surface area contributed by atoms with Crippen LogP contribution in [0.25, 0.3) is 5.70 Å². The molecule has 4 nitrogen and oxygen atoms in total. The molecule has 0 bridgehead atoms. The topological polar surface area (TPSA) is 43.6 Å². The third kappa shape index (κ3) is 1.24. The van der Waals surface area contributed by atoms with Gasteiger partial charge in [-0.25, -0.2) is 0 Å². The summed E-state index contributed by atoms with van der Waals surface area (Å²) in [7, 11) is 0. The molecule has 0 spiro atoms. The summed E-state index contributed by atoms with van der Waals surface area (Å²) in [5.74, 6) is 0. The summed E-state index contributed by atoms with van der Waals surface area (Å²) in [6.45, 7) is 0. The molecular formula is C8H6N4. The van der Waals surface area contributed by atoms with Gasteiger partial charge in [0.15, 0.2) is 6.33 Å². The predicted molar refractivity (Wildman–Crippen MR) is 43.9 cm³/mol. The fourth-order valence-corrected chi connectivity index (χ4v) is 0.857. The van der Waals surface area contributed by atoms with E-state index < -0.39 is 0 Å². The molecule has 58 valence electrons. The highest BCUT2D eigenvalue weighted by atomic mass is 15.6. The van der Waals surface area contributed by atoms with E-state index >= 15 is 0 Å². The first-order valence-corrected chi connectivity index (χ1v) is 3.49. The molecule has 0 atom stereocenters. The molecule has 0 aliphatic heterocycles. The third-order valence-corrected chi connectivity index (χ3v) is 1.38. The van der Waals surface area contributed by atoms with Crippen LogP contribution >= 0.6 is 0 Å². The largest absolute Gasteiger partial charge is 0.162 e. The Morgan fingerprint density at radius 1 is 1.33 bits per heavy atom. The molecule has 4 heteroatoms. The minimum Gasteiger partial charge on any atom is -0.135 e. The lowest BCUT2D eigenvalue weighted by Gasteiger charge is -1.93. The van der Waals surface area contributed by atoms with Crippen LogP contribution in [-0.4, -0.2) is 20.2 Å². The summed E-state index contributed by atoms with van der Waals surface area (Å²) in [6.07, 6.45) is 10.7. The first-order chi connectivity index (χ1) is 5.97. The van der Waals surface area contributed by atoms with Crippen LogP contribution in [0.5, 0.6) is 0 Å². The highest BCUT2D eigenvalue weighted by Crippen LogP contribution is 2.03. The van der Waals surface area contributed by atoms with Crippen molar-refractivity contribution in [3.05, 3.63) is 42.4 Å². The van der Waals surface area contributed by atoms with Crippen molar-refractivity contribution in [3.8, 4) is 0 Å². The van der Waals surface area contributed by atoms with Crippen LogP contribution in [0.2, 0.25) is 0 Å². The van der Waals surface area contributed by atoms with Crippen LogP contribution in [0.4, 0.5) is 0 Å². The van der Waals surface area contributed by atoms with Gasteiger partial charge in [0, 0.05) is 6.08 Å². The molecule has 1 aliphatic carbocycles. The van der Waals surface area contributed by atoms with Crippen LogP contribution < -0.4 is 0 Å². The molecule has 12 heavy (non-hydrogen) atoms. The molecule has 0 amide bonds. The zero-order valence-electron chi connectivity index (χ0n) is 6.25. The van der Waals surface area contributed by atoms with E-state index in [4.69, 9.17) is 0 Å². The molecule has 0 saturated carbocycles. The van der Waals surface area contributed by atoms with E-state index in [1.807, 2.05) is 24.3 Å². The standard InChI is InChI=1S/C8H6N4/c1-2-4-6-8(5-3-1)12-10-7-9-11-12/h1-3,5-7H. The number of rotatable bonds is 1. The smallest absolute Gasteiger partial charge is 0.135 e. The van der Waals surface area contributed by atoms with E-state index in [0.717, 1.165) is 5.70 Å². The maximum absolute atomic E-state index is 3.89. The molecule has 0 saturated heterocycles. The van der Waals surface area contributed by atoms with E-state index in [1.54, 1.807) is 6.08 Å². The lowest BCUT2D eigenvalue weighted by atomic mass is 10.4. The lowest BCUT2D eigenvalue weighted by molar-refractivity contribution is 0.742. The van der Waals surface area contributed by atoms with Crippen molar-refractivity contribution >= 4 is 5.70 Å². The van der Waals surface area contributed by atoms with Crippen molar-refractivity contribution in [2.24, 2.45) is 0 Å². The van der Waals surface area contributed by atoms with E-state index in [-0.39, 0.29) is 0 Å². The Hall–Kier alpha value is -1.93. The Labute approximate surface area is 69.2 Å². The Balaban J connectivity index is 2.42. The Morgan fingerprint density at radius 3 is 3.17 bits per heavy atom. The normalized spacial score (nSPS) is 14.5. The second kappa shape index (κ2) is 2.98. The average Bonchev–Trinajstić information content (AvgIpc) is 2.48. The molecule has 0 aromatic carbocycles.